The van der Waals surface area contributed by atoms with Gasteiger partial charge in [-0.25, -0.2) is 0 Å². The van der Waals surface area contributed by atoms with Gasteiger partial charge in [0.05, 0.1) is 20.3 Å². The van der Waals surface area contributed by atoms with E-state index in [1.54, 1.807) is 7.11 Å². The molecule has 4 heteroatoms. The highest BCUT2D eigenvalue weighted by Gasteiger charge is 2.21. The zero-order valence-electron chi connectivity index (χ0n) is 12.8. The fourth-order valence-electron chi connectivity index (χ4n) is 3.23. The van der Waals surface area contributed by atoms with Gasteiger partial charge >= 0.3 is 0 Å². The highest BCUT2D eigenvalue weighted by Crippen LogP contribution is 2.35. The summed E-state index contributed by atoms with van der Waals surface area (Å²) in [7, 11) is 1.74. The standard InChI is InChI=1S/C17H25NO3/c1-19-17-14(11-13-5-8-18-9-6-13)3-2-4-16(17)21-15-7-10-20-12-15/h2-4,13,15,18H,5-12H2,1H3. The van der Waals surface area contributed by atoms with E-state index in [0.717, 1.165) is 50.0 Å². The molecule has 4 nitrogen and oxygen atoms in total. The molecule has 1 aromatic carbocycles. The van der Waals surface area contributed by atoms with Crippen LogP contribution in [0.25, 0.3) is 0 Å². The first-order valence-corrected chi connectivity index (χ1v) is 7.98. The van der Waals surface area contributed by atoms with Gasteiger partial charge in [-0.05, 0) is 49.9 Å². The van der Waals surface area contributed by atoms with Crippen molar-refractivity contribution in [2.24, 2.45) is 5.92 Å². The third kappa shape index (κ3) is 3.69. The normalized spacial score (nSPS) is 23.2. The van der Waals surface area contributed by atoms with Crippen LogP contribution in [0.4, 0.5) is 0 Å². The minimum Gasteiger partial charge on any atom is -0.493 e. The predicted molar refractivity (Wildman–Crippen MR) is 82.1 cm³/mol. The molecule has 0 spiro atoms. The van der Waals surface area contributed by atoms with Crippen molar-refractivity contribution in [3.05, 3.63) is 23.8 Å². The van der Waals surface area contributed by atoms with Gasteiger partial charge in [-0.15, -0.1) is 0 Å². The van der Waals surface area contributed by atoms with Crippen LogP contribution in [0.2, 0.25) is 0 Å². The average molecular weight is 291 g/mol. The topological polar surface area (TPSA) is 39.7 Å². The number of hydrogen-bond acceptors (Lipinski definition) is 4. The predicted octanol–water partition coefficient (Wildman–Crippen LogP) is 2.41. The van der Waals surface area contributed by atoms with E-state index in [2.05, 4.69) is 17.4 Å². The summed E-state index contributed by atoms with van der Waals surface area (Å²) in [5.74, 6) is 2.51. The van der Waals surface area contributed by atoms with E-state index >= 15 is 0 Å². The lowest BCUT2D eigenvalue weighted by atomic mass is 9.90. The van der Waals surface area contributed by atoms with Gasteiger partial charge in [0.1, 0.15) is 6.10 Å². The summed E-state index contributed by atoms with van der Waals surface area (Å²) < 4.78 is 17.1. The van der Waals surface area contributed by atoms with Crippen LogP contribution in [-0.4, -0.2) is 39.5 Å². The van der Waals surface area contributed by atoms with Crippen LogP contribution in [0.5, 0.6) is 11.5 Å². The molecule has 1 atom stereocenters. The minimum atomic E-state index is 0.160. The van der Waals surface area contributed by atoms with Crippen molar-refractivity contribution < 1.29 is 14.2 Å². The fourth-order valence-corrected chi connectivity index (χ4v) is 3.23. The van der Waals surface area contributed by atoms with Gasteiger partial charge < -0.3 is 19.5 Å². The molecule has 0 aliphatic carbocycles. The number of rotatable bonds is 5. The number of piperidine rings is 1. The summed E-state index contributed by atoms with van der Waals surface area (Å²) in [6.45, 7) is 3.73. The third-order valence-corrected chi connectivity index (χ3v) is 4.41. The van der Waals surface area contributed by atoms with Crippen LogP contribution >= 0.6 is 0 Å². The monoisotopic (exact) mass is 291 g/mol. The largest absolute Gasteiger partial charge is 0.493 e. The highest BCUT2D eigenvalue weighted by molar-refractivity contribution is 5.47. The molecule has 0 amide bonds. The number of methoxy groups -OCH3 is 1. The summed E-state index contributed by atoms with van der Waals surface area (Å²) in [6, 6.07) is 6.24. The number of para-hydroxylation sites is 1. The summed E-state index contributed by atoms with van der Waals surface area (Å²) in [4.78, 5) is 0. The van der Waals surface area contributed by atoms with E-state index in [-0.39, 0.29) is 6.10 Å². The molecule has 2 heterocycles. The van der Waals surface area contributed by atoms with Gasteiger partial charge in [0, 0.05) is 6.42 Å². The van der Waals surface area contributed by atoms with Crippen LogP contribution < -0.4 is 14.8 Å². The molecule has 2 aliphatic rings. The first-order valence-electron chi connectivity index (χ1n) is 7.98. The lowest BCUT2D eigenvalue weighted by Gasteiger charge is -2.24. The average Bonchev–Trinajstić information content (AvgIpc) is 3.02. The zero-order valence-corrected chi connectivity index (χ0v) is 12.8. The summed E-state index contributed by atoms with van der Waals surface area (Å²) in [5.41, 5.74) is 1.26. The van der Waals surface area contributed by atoms with E-state index < -0.39 is 0 Å². The molecule has 1 unspecified atom stereocenters. The number of hydrogen-bond donors (Lipinski definition) is 1. The Morgan fingerprint density at radius 3 is 2.81 bits per heavy atom. The summed E-state index contributed by atoms with van der Waals surface area (Å²) >= 11 is 0. The van der Waals surface area contributed by atoms with Crippen molar-refractivity contribution in [1.29, 1.82) is 0 Å². The van der Waals surface area contributed by atoms with Crippen molar-refractivity contribution >= 4 is 0 Å². The molecule has 21 heavy (non-hydrogen) atoms. The van der Waals surface area contributed by atoms with Gasteiger partial charge in [0.15, 0.2) is 11.5 Å². The van der Waals surface area contributed by atoms with Gasteiger partial charge in [0.2, 0.25) is 0 Å². The first kappa shape index (κ1) is 14.7. The van der Waals surface area contributed by atoms with Gasteiger partial charge in [-0.2, -0.15) is 0 Å². The van der Waals surface area contributed by atoms with Gasteiger partial charge in [-0.1, -0.05) is 12.1 Å². The third-order valence-electron chi connectivity index (χ3n) is 4.41. The highest BCUT2D eigenvalue weighted by atomic mass is 16.6. The van der Waals surface area contributed by atoms with Crippen molar-refractivity contribution in [3.8, 4) is 11.5 Å². The second-order valence-corrected chi connectivity index (χ2v) is 5.95. The van der Waals surface area contributed by atoms with Gasteiger partial charge in [-0.3, -0.25) is 0 Å². The quantitative estimate of drug-likeness (QED) is 0.904. The van der Waals surface area contributed by atoms with E-state index in [1.807, 2.05) is 6.07 Å². The van der Waals surface area contributed by atoms with Crippen molar-refractivity contribution in [1.82, 2.24) is 5.32 Å². The van der Waals surface area contributed by atoms with E-state index in [1.165, 1.54) is 18.4 Å². The van der Waals surface area contributed by atoms with Crippen LogP contribution in [0.3, 0.4) is 0 Å². The second-order valence-electron chi connectivity index (χ2n) is 5.95. The van der Waals surface area contributed by atoms with E-state index in [0.29, 0.717) is 6.61 Å². The smallest absolute Gasteiger partial charge is 0.163 e. The van der Waals surface area contributed by atoms with Crippen LogP contribution in [0.1, 0.15) is 24.8 Å². The Morgan fingerprint density at radius 1 is 1.24 bits per heavy atom. The maximum atomic E-state index is 6.06. The molecular weight excluding hydrogens is 266 g/mol. The SMILES string of the molecule is COc1c(CC2CCNCC2)cccc1OC1CCOC1. The summed E-state index contributed by atoms with van der Waals surface area (Å²) in [6.07, 6.45) is 4.67. The molecule has 2 fully saturated rings. The summed E-state index contributed by atoms with van der Waals surface area (Å²) in [5, 5.41) is 3.42. The Labute approximate surface area is 126 Å². The number of nitrogens with one attached hydrogen (secondary N) is 1. The Balaban J connectivity index is 1.72. The number of benzene rings is 1. The molecule has 0 bridgehead atoms. The molecule has 0 saturated carbocycles. The van der Waals surface area contributed by atoms with Gasteiger partial charge in [0.25, 0.3) is 0 Å². The lowest BCUT2D eigenvalue weighted by molar-refractivity contribution is 0.138. The van der Waals surface area contributed by atoms with E-state index in [9.17, 15) is 0 Å². The lowest BCUT2D eigenvalue weighted by Crippen LogP contribution is -2.28. The van der Waals surface area contributed by atoms with Crippen molar-refractivity contribution in [2.45, 2.75) is 31.8 Å². The Bertz CT molecular complexity index is 451. The fraction of sp³-hybridized carbons (Fsp3) is 0.647. The molecular formula is C17H25NO3. The zero-order chi connectivity index (χ0) is 14.5. The number of ether oxygens (including phenoxy) is 3. The molecule has 1 N–H and O–H groups in total. The Hall–Kier alpha value is -1.26. The minimum absolute atomic E-state index is 0.160. The van der Waals surface area contributed by atoms with E-state index in [4.69, 9.17) is 14.2 Å². The Kier molecular flexibility index (Phi) is 4.99. The van der Waals surface area contributed by atoms with Crippen LogP contribution in [-0.2, 0) is 11.2 Å². The maximum Gasteiger partial charge on any atom is 0.163 e. The Morgan fingerprint density at radius 2 is 2.10 bits per heavy atom. The van der Waals surface area contributed by atoms with Crippen molar-refractivity contribution in [3.63, 3.8) is 0 Å². The second kappa shape index (κ2) is 7.14. The van der Waals surface area contributed by atoms with Crippen LogP contribution in [0, 0.1) is 5.92 Å². The maximum absolute atomic E-state index is 6.06. The molecule has 0 radical (unpaired) electrons. The van der Waals surface area contributed by atoms with Crippen molar-refractivity contribution in [2.75, 3.05) is 33.4 Å². The molecule has 3 rings (SSSR count). The molecule has 2 aliphatic heterocycles. The molecule has 1 aromatic rings. The molecule has 116 valence electrons. The van der Waals surface area contributed by atoms with Crippen LogP contribution in [0.15, 0.2) is 18.2 Å². The molecule has 2 saturated heterocycles. The molecule has 0 aromatic heterocycles. The first-order chi connectivity index (χ1) is 10.4.